The molecule has 0 saturated heterocycles. The van der Waals surface area contributed by atoms with Gasteiger partial charge in [-0.2, -0.15) is 0 Å². The van der Waals surface area contributed by atoms with Crippen LogP contribution in [0.3, 0.4) is 0 Å². The van der Waals surface area contributed by atoms with E-state index in [1.165, 1.54) is 0 Å². The normalized spacial score (nSPS) is 10.4. The van der Waals surface area contributed by atoms with Crippen molar-refractivity contribution in [2.24, 2.45) is 0 Å². The first-order valence-corrected chi connectivity index (χ1v) is 5.02. The van der Waals surface area contributed by atoms with E-state index < -0.39 is 0 Å². The van der Waals surface area contributed by atoms with Crippen LogP contribution in [0.5, 0.6) is 0 Å². The second-order valence-corrected chi connectivity index (χ2v) is 3.90. The van der Waals surface area contributed by atoms with Crippen molar-refractivity contribution in [2.45, 2.75) is 6.42 Å². The minimum absolute atomic E-state index is 0.0570. The lowest BCUT2D eigenvalue weighted by Gasteiger charge is -2.09. The number of halogens is 1. The summed E-state index contributed by atoms with van der Waals surface area (Å²) < 4.78 is 0. The summed E-state index contributed by atoms with van der Waals surface area (Å²) in [5.74, 6) is 0.435. The van der Waals surface area contributed by atoms with E-state index in [9.17, 15) is 4.79 Å². The molecule has 0 aliphatic heterocycles. The lowest BCUT2D eigenvalue weighted by molar-refractivity contribution is -0.116. The number of hydrogen-bond acceptors (Lipinski definition) is 3. The standard InChI is InChI=1S/C10H14ClN3O/c1-14(2)6-4-10(15)13-9-7-8(11)3-5-12-9/h3,5,7H,4,6H2,1-2H3,(H,12,13,15). The highest BCUT2D eigenvalue weighted by molar-refractivity contribution is 6.30. The number of rotatable bonds is 4. The second-order valence-electron chi connectivity index (χ2n) is 3.46. The number of nitrogens with one attached hydrogen (secondary N) is 1. The Bertz CT molecular complexity index is 341. The molecule has 0 aromatic carbocycles. The molecule has 1 aromatic rings. The highest BCUT2D eigenvalue weighted by atomic mass is 35.5. The molecule has 0 radical (unpaired) electrons. The molecule has 4 nitrogen and oxygen atoms in total. The van der Waals surface area contributed by atoms with Gasteiger partial charge in [0, 0.05) is 24.2 Å². The van der Waals surface area contributed by atoms with Gasteiger partial charge in [-0.15, -0.1) is 0 Å². The van der Waals surface area contributed by atoms with E-state index >= 15 is 0 Å². The van der Waals surface area contributed by atoms with Crippen LogP contribution in [0, 0.1) is 0 Å². The van der Waals surface area contributed by atoms with Crippen LogP contribution in [0.1, 0.15) is 6.42 Å². The maximum Gasteiger partial charge on any atom is 0.226 e. The highest BCUT2D eigenvalue weighted by Gasteiger charge is 2.03. The van der Waals surface area contributed by atoms with Gasteiger partial charge in [-0.1, -0.05) is 11.6 Å². The van der Waals surface area contributed by atoms with Gasteiger partial charge in [0.2, 0.25) is 5.91 Å². The van der Waals surface area contributed by atoms with Gasteiger partial charge in [-0.3, -0.25) is 4.79 Å². The molecular weight excluding hydrogens is 214 g/mol. The predicted molar refractivity (Wildman–Crippen MR) is 61.0 cm³/mol. The summed E-state index contributed by atoms with van der Waals surface area (Å²) in [5, 5.41) is 3.24. The van der Waals surface area contributed by atoms with Crippen molar-refractivity contribution in [3.8, 4) is 0 Å². The Hall–Kier alpha value is -1.13. The average molecular weight is 228 g/mol. The van der Waals surface area contributed by atoms with E-state index in [-0.39, 0.29) is 5.91 Å². The first-order chi connectivity index (χ1) is 7.08. The molecule has 0 bridgehead atoms. The Morgan fingerprint density at radius 3 is 2.93 bits per heavy atom. The van der Waals surface area contributed by atoms with Crippen molar-refractivity contribution < 1.29 is 4.79 Å². The molecular formula is C10H14ClN3O. The molecule has 15 heavy (non-hydrogen) atoms. The van der Waals surface area contributed by atoms with Crippen LogP contribution >= 0.6 is 11.6 Å². The van der Waals surface area contributed by atoms with Gasteiger partial charge in [0.15, 0.2) is 0 Å². The van der Waals surface area contributed by atoms with Crippen LogP contribution < -0.4 is 5.32 Å². The quantitative estimate of drug-likeness (QED) is 0.851. The summed E-state index contributed by atoms with van der Waals surface area (Å²) in [6.07, 6.45) is 2.01. The minimum atomic E-state index is -0.0570. The molecule has 0 spiro atoms. The fraction of sp³-hybridized carbons (Fsp3) is 0.400. The molecule has 0 aliphatic carbocycles. The molecule has 0 fully saturated rings. The van der Waals surface area contributed by atoms with Crippen LogP contribution in [-0.4, -0.2) is 36.4 Å². The zero-order valence-corrected chi connectivity index (χ0v) is 9.58. The molecule has 1 N–H and O–H groups in total. The van der Waals surface area contributed by atoms with Crippen LogP contribution in [-0.2, 0) is 4.79 Å². The lowest BCUT2D eigenvalue weighted by Crippen LogP contribution is -2.21. The number of hydrogen-bond donors (Lipinski definition) is 1. The number of carbonyl (C=O) groups excluding carboxylic acids is 1. The Balaban J connectivity index is 2.44. The smallest absolute Gasteiger partial charge is 0.226 e. The minimum Gasteiger partial charge on any atom is -0.311 e. The Morgan fingerprint density at radius 1 is 1.60 bits per heavy atom. The summed E-state index contributed by atoms with van der Waals surface area (Å²) in [6.45, 7) is 0.715. The lowest BCUT2D eigenvalue weighted by atomic mass is 10.3. The first-order valence-electron chi connectivity index (χ1n) is 4.64. The Kier molecular flexibility index (Phi) is 4.52. The zero-order chi connectivity index (χ0) is 11.3. The van der Waals surface area contributed by atoms with E-state index in [1.807, 2.05) is 19.0 Å². The molecule has 1 rings (SSSR count). The van der Waals surface area contributed by atoms with E-state index in [0.29, 0.717) is 23.8 Å². The van der Waals surface area contributed by atoms with Crippen molar-refractivity contribution in [2.75, 3.05) is 26.0 Å². The van der Waals surface area contributed by atoms with Gasteiger partial charge >= 0.3 is 0 Å². The fourth-order valence-corrected chi connectivity index (χ4v) is 1.16. The number of nitrogens with zero attached hydrogens (tertiary/aromatic N) is 2. The monoisotopic (exact) mass is 227 g/mol. The summed E-state index contributed by atoms with van der Waals surface area (Å²) in [7, 11) is 3.84. The number of pyridine rings is 1. The summed E-state index contributed by atoms with van der Waals surface area (Å²) in [6, 6.07) is 3.28. The molecule has 1 aromatic heterocycles. The predicted octanol–water partition coefficient (Wildman–Crippen LogP) is 1.63. The molecule has 0 saturated carbocycles. The van der Waals surface area contributed by atoms with Gasteiger partial charge in [0.25, 0.3) is 0 Å². The third-order valence-corrected chi connectivity index (χ3v) is 2.01. The third-order valence-electron chi connectivity index (χ3n) is 1.78. The van der Waals surface area contributed by atoms with Crippen molar-refractivity contribution in [1.82, 2.24) is 9.88 Å². The van der Waals surface area contributed by atoms with Gasteiger partial charge in [-0.05, 0) is 26.2 Å². The molecule has 0 aliphatic rings. The SMILES string of the molecule is CN(C)CCC(=O)Nc1cc(Cl)ccn1. The van der Waals surface area contributed by atoms with Crippen LogP contribution in [0.25, 0.3) is 0 Å². The molecule has 0 atom stereocenters. The van der Waals surface area contributed by atoms with E-state index in [1.54, 1.807) is 18.3 Å². The number of aromatic nitrogens is 1. The topological polar surface area (TPSA) is 45.2 Å². The first kappa shape index (κ1) is 11.9. The van der Waals surface area contributed by atoms with E-state index in [0.717, 1.165) is 0 Å². The van der Waals surface area contributed by atoms with Crippen molar-refractivity contribution in [1.29, 1.82) is 0 Å². The molecule has 1 amide bonds. The van der Waals surface area contributed by atoms with Crippen molar-refractivity contribution in [3.63, 3.8) is 0 Å². The maximum atomic E-state index is 11.4. The summed E-state index contributed by atoms with van der Waals surface area (Å²) in [4.78, 5) is 17.3. The highest BCUT2D eigenvalue weighted by Crippen LogP contribution is 2.11. The van der Waals surface area contributed by atoms with Crippen molar-refractivity contribution in [3.05, 3.63) is 23.4 Å². The van der Waals surface area contributed by atoms with Crippen molar-refractivity contribution >= 4 is 23.3 Å². The maximum absolute atomic E-state index is 11.4. The number of carbonyl (C=O) groups is 1. The van der Waals surface area contributed by atoms with Crippen LogP contribution in [0.2, 0.25) is 5.02 Å². The molecule has 0 unspecified atom stereocenters. The van der Waals surface area contributed by atoms with E-state index in [2.05, 4.69) is 10.3 Å². The Labute approximate surface area is 94.3 Å². The Morgan fingerprint density at radius 2 is 2.33 bits per heavy atom. The van der Waals surface area contributed by atoms with Gasteiger partial charge in [0.1, 0.15) is 5.82 Å². The number of anilines is 1. The summed E-state index contributed by atoms with van der Waals surface area (Å²) >= 11 is 5.76. The number of amides is 1. The van der Waals surface area contributed by atoms with E-state index in [4.69, 9.17) is 11.6 Å². The summed E-state index contributed by atoms with van der Waals surface area (Å²) in [5.41, 5.74) is 0. The largest absolute Gasteiger partial charge is 0.311 e. The van der Waals surface area contributed by atoms with Gasteiger partial charge in [-0.25, -0.2) is 4.98 Å². The molecule has 5 heteroatoms. The fourth-order valence-electron chi connectivity index (χ4n) is 1.00. The van der Waals surface area contributed by atoms with Crippen LogP contribution in [0.15, 0.2) is 18.3 Å². The van der Waals surface area contributed by atoms with Gasteiger partial charge in [0.05, 0.1) is 0 Å². The zero-order valence-electron chi connectivity index (χ0n) is 8.83. The van der Waals surface area contributed by atoms with Gasteiger partial charge < -0.3 is 10.2 Å². The average Bonchev–Trinajstić information content (AvgIpc) is 2.15. The molecule has 82 valence electrons. The third kappa shape index (κ3) is 4.76. The van der Waals surface area contributed by atoms with Crippen LogP contribution in [0.4, 0.5) is 5.82 Å². The molecule has 1 heterocycles. The second kappa shape index (κ2) is 5.68.